The minimum atomic E-state index is 0.0743. The largest absolute Gasteiger partial charge is 0.303 e. The molecule has 0 radical (unpaired) electrons. The molecule has 0 saturated carbocycles. The van der Waals surface area contributed by atoms with Crippen LogP contribution in [0.25, 0.3) is 21.7 Å². The zero-order valence-electron chi connectivity index (χ0n) is 13.9. The Morgan fingerprint density at radius 1 is 0.750 bits per heavy atom. The van der Waals surface area contributed by atoms with Crippen molar-refractivity contribution in [3.63, 3.8) is 0 Å². The standard InChI is InChI=1S/C22H19NO/c1-15-12-20-18-10-6-7-11-19(18)22(24)23(21(20)13-16(15)2)14-17-8-4-3-5-9-17/h3-13H,14H2,1-2H3. The highest BCUT2D eigenvalue weighted by atomic mass is 16.1. The number of aromatic nitrogens is 1. The minimum Gasteiger partial charge on any atom is -0.303 e. The van der Waals surface area contributed by atoms with Gasteiger partial charge in [0.1, 0.15) is 0 Å². The lowest BCUT2D eigenvalue weighted by Gasteiger charge is -2.15. The van der Waals surface area contributed by atoms with E-state index in [0.29, 0.717) is 6.54 Å². The molecule has 0 amide bonds. The van der Waals surface area contributed by atoms with E-state index in [0.717, 1.165) is 27.2 Å². The number of benzene rings is 3. The fourth-order valence-electron chi connectivity index (χ4n) is 3.32. The normalized spacial score (nSPS) is 11.2. The number of hydrogen-bond acceptors (Lipinski definition) is 1. The van der Waals surface area contributed by atoms with Gasteiger partial charge in [-0.25, -0.2) is 0 Å². The van der Waals surface area contributed by atoms with E-state index in [2.05, 4.69) is 38.1 Å². The maximum atomic E-state index is 13.1. The van der Waals surface area contributed by atoms with Gasteiger partial charge in [0.15, 0.2) is 0 Å². The van der Waals surface area contributed by atoms with Gasteiger partial charge in [0.05, 0.1) is 12.1 Å². The molecular formula is C22H19NO. The average molecular weight is 313 g/mol. The molecule has 0 aliphatic carbocycles. The summed E-state index contributed by atoms with van der Waals surface area (Å²) in [5.74, 6) is 0. The number of pyridine rings is 1. The molecule has 0 atom stereocenters. The van der Waals surface area contributed by atoms with Gasteiger partial charge in [0, 0.05) is 10.8 Å². The van der Waals surface area contributed by atoms with Crippen molar-refractivity contribution in [1.29, 1.82) is 0 Å². The summed E-state index contributed by atoms with van der Waals surface area (Å²) in [6, 6.07) is 22.4. The molecule has 0 fully saturated rings. The molecule has 1 heterocycles. The van der Waals surface area contributed by atoms with Crippen molar-refractivity contribution < 1.29 is 0 Å². The van der Waals surface area contributed by atoms with E-state index in [1.54, 1.807) is 0 Å². The summed E-state index contributed by atoms with van der Waals surface area (Å²) >= 11 is 0. The van der Waals surface area contributed by atoms with Crippen LogP contribution >= 0.6 is 0 Å². The molecule has 1 aromatic heterocycles. The molecule has 0 N–H and O–H groups in total. The van der Waals surface area contributed by atoms with Crippen molar-refractivity contribution in [2.45, 2.75) is 20.4 Å². The van der Waals surface area contributed by atoms with Crippen LogP contribution in [-0.2, 0) is 6.54 Å². The molecule has 3 aromatic carbocycles. The van der Waals surface area contributed by atoms with Crippen molar-refractivity contribution in [1.82, 2.24) is 4.57 Å². The molecule has 2 nitrogen and oxygen atoms in total. The Morgan fingerprint density at radius 3 is 2.12 bits per heavy atom. The predicted molar refractivity (Wildman–Crippen MR) is 101 cm³/mol. The first-order valence-corrected chi connectivity index (χ1v) is 8.21. The first-order chi connectivity index (χ1) is 11.6. The average Bonchev–Trinajstić information content (AvgIpc) is 2.61. The summed E-state index contributed by atoms with van der Waals surface area (Å²) in [7, 11) is 0. The van der Waals surface area contributed by atoms with Gasteiger partial charge in [0.2, 0.25) is 0 Å². The zero-order chi connectivity index (χ0) is 16.7. The fraction of sp³-hybridized carbons (Fsp3) is 0.136. The van der Waals surface area contributed by atoms with Crippen molar-refractivity contribution in [3.05, 3.63) is 93.8 Å². The third-order valence-corrected chi connectivity index (χ3v) is 4.78. The van der Waals surface area contributed by atoms with Crippen molar-refractivity contribution in [3.8, 4) is 0 Å². The first-order valence-electron chi connectivity index (χ1n) is 8.21. The molecule has 0 saturated heterocycles. The lowest BCUT2D eigenvalue weighted by Crippen LogP contribution is -2.21. The second-order valence-corrected chi connectivity index (χ2v) is 6.38. The van der Waals surface area contributed by atoms with Crippen molar-refractivity contribution in [2.24, 2.45) is 0 Å². The second-order valence-electron chi connectivity index (χ2n) is 6.38. The highest BCUT2D eigenvalue weighted by Gasteiger charge is 2.12. The summed E-state index contributed by atoms with van der Waals surface area (Å²) in [6.45, 7) is 4.81. The maximum Gasteiger partial charge on any atom is 0.259 e. The number of rotatable bonds is 2. The Hall–Kier alpha value is -2.87. The smallest absolute Gasteiger partial charge is 0.259 e. The van der Waals surface area contributed by atoms with Crippen LogP contribution in [0.3, 0.4) is 0 Å². The summed E-state index contributed by atoms with van der Waals surface area (Å²) in [4.78, 5) is 13.1. The van der Waals surface area contributed by atoms with Crippen LogP contribution in [0, 0.1) is 13.8 Å². The molecule has 4 rings (SSSR count). The Bertz CT molecular complexity index is 1110. The molecule has 24 heavy (non-hydrogen) atoms. The van der Waals surface area contributed by atoms with E-state index in [1.807, 2.05) is 47.0 Å². The van der Waals surface area contributed by atoms with Crippen LogP contribution in [0.5, 0.6) is 0 Å². The zero-order valence-corrected chi connectivity index (χ0v) is 13.9. The van der Waals surface area contributed by atoms with Gasteiger partial charge >= 0.3 is 0 Å². The van der Waals surface area contributed by atoms with Crippen LogP contribution in [0.4, 0.5) is 0 Å². The van der Waals surface area contributed by atoms with Crippen LogP contribution in [0.1, 0.15) is 16.7 Å². The number of hydrogen-bond donors (Lipinski definition) is 0. The number of aryl methyl sites for hydroxylation is 2. The van der Waals surface area contributed by atoms with Gasteiger partial charge in [-0.05, 0) is 54.1 Å². The SMILES string of the molecule is Cc1cc2c3ccccc3c(=O)n(Cc3ccccc3)c2cc1C. The Balaban J connectivity index is 2.11. The van der Waals surface area contributed by atoms with E-state index in [-0.39, 0.29) is 5.56 Å². The second kappa shape index (κ2) is 5.64. The summed E-state index contributed by atoms with van der Waals surface area (Å²) < 4.78 is 1.90. The molecule has 4 aromatic rings. The Labute approximate surface area is 141 Å². The van der Waals surface area contributed by atoms with E-state index < -0.39 is 0 Å². The fourth-order valence-corrected chi connectivity index (χ4v) is 3.32. The molecule has 0 aliphatic heterocycles. The molecule has 0 bridgehead atoms. The van der Waals surface area contributed by atoms with Gasteiger partial charge in [0.25, 0.3) is 5.56 Å². The molecule has 0 aliphatic rings. The Kier molecular flexibility index (Phi) is 3.46. The van der Waals surface area contributed by atoms with Crippen molar-refractivity contribution >= 4 is 21.7 Å². The summed E-state index contributed by atoms with van der Waals surface area (Å²) in [6.07, 6.45) is 0. The monoisotopic (exact) mass is 313 g/mol. The predicted octanol–water partition coefficient (Wildman–Crippen LogP) is 4.82. The molecule has 2 heteroatoms. The quantitative estimate of drug-likeness (QED) is 0.486. The molecule has 118 valence electrons. The summed E-state index contributed by atoms with van der Waals surface area (Å²) in [5, 5.41) is 2.96. The molecular weight excluding hydrogens is 294 g/mol. The Morgan fingerprint density at radius 2 is 1.38 bits per heavy atom. The van der Waals surface area contributed by atoms with Crippen LogP contribution in [0.15, 0.2) is 71.5 Å². The van der Waals surface area contributed by atoms with E-state index in [9.17, 15) is 4.79 Å². The lowest BCUT2D eigenvalue weighted by atomic mass is 10.0. The van der Waals surface area contributed by atoms with E-state index in [1.165, 1.54) is 11.1 Å². The van der Waals surface area contributed by atoms with E-state index in [4.69, 9.17) is 0 Å². The highest BCUT2D eigenvalue weighted by Crippen LogP contribution is 2.26. The van der Waals surface area contributed by atoms with Gasteiger partial charge in [-0.15, -0.1) is 0 Å². The van der Waals surface area contributed by atoms with E-state index >= 15 is 0 Å². The van der Waals surface area contributed by atoms with Crippen molar-refractivity contribution in [2.75, 3.05) is 0 Å². The lowest BCUT2D eigenvalue weighted by molar-refractivity contribution is 0.802. The molecule has 0 unspecified atom stereocenters. The number of fused-ring (bicyclic) bond motifs is 3. The van der Waals surface area contributed by atoms with Gasteiger partial charge < -0.3 is 4.57 Å². The van der Waals surface area contributed by atoms with Crippen LogP contribution in [-0.4, -0.2) is 4.57 Å². The first kappa shape index (κ1) is 14.7. The highest BCUT2D eigenvalue weighted by molar-refractivity contribution is 6.06. The van der Waals surface area contributed by atoms with Crippen LogP contribution < -0.4 is 5.56 Å². The minimum absolute atomic E-state index is 0.0743. The van der Waals surface area contributed by atoms with Crippen LogP contribution in [0.2, 0.25) is 0 Å². The third-order valence-electron chi connectivity index (χ3n) is 4.78. The summed E-state index contributed by atoms with van der Waals surface area (Å²) in [5.41, 5.74) is 4.67. The van der Waals surface area contributed by atoms with Gasteiger partial charge in [-0.3, -0.25) is 4.79 Å². The van der Waals surface area contributed by atoms with Gasteiger partial charge in [-0.2, -0.15) is 0 Å². The number of nitrogens with zero attached hydrogens (tertiary/aromatic N) is 1. The molecule has 0 spiro atoms. The maximum absolute atomic E-state index is 13.1. The topological polar surface area (TPSA) is 22.0 Å². The van der Waals surface area contributed by atoms with Gasteiger partial charge in [-0.1, -0.05) is 48.5 Å². The third kappa shape index (κ3) is 2.31.